The zero-order valence-corrected chi connectivity index (χ0v) is 19.1. The molecule has 34 heavy (non-hydrogen) atoms. The number of piperidine rings is 1. The molecular weight excluding hydrogens is 444 g/mol. The Bertz CT molecular complexity index is 1020. The standard InChI is InChI=1S/C23H29F2N7O2/c1-17(33)28-18-3-2-4-19(13-18)29-22(34)15-30-9-11-32(12-10-30)21-14-20(26-16-27-21)31-7-5-23(24,25)6-8-31/h2-4,13-14,16H,5-12,15H2,1H3,(H,28,33)(H,29,34). The van der Waals surface area contributed by atoms with Crippen molar-refractivity contribution < 1.29 is 18.4 Å². The molecule has 1 aromatic heterocycles. The fourth-order valence-electron chi connectivity index (χ4n) is 4.16. The molecule has 2 saturated heterocycles. The minimum atomic E-state index is -2.59. The lowest BCUT2D eigenvalue weighted by Crippen LogP contribution is -2.49. The van der Waals surface area contributed by atoms with Crippen molar-refractivity contribution in [1.29, 1.82) is 0 Å². The van der Waals surface area contributed by atoms with E-state index in [-0.39, 0.29) is 44.3 Å². The van der Waals surface area contributed by atoms with Crippen molar-refractivity contribution in [2.24, 2.45) is 0 Å². The van der Waals surface area contributed by atoms with Gasteiger partial charge in [0.25, 0.3) is 5.92 Å². The summed E-state index contributed by atoms with van der Waals surface area (Å²) in [6.45, 7) is 5.01. The molecule has 0 atom stereocenters. The van der Waals surface area contributed by atoms with Gasteiger partial charge >= 0.3 is 0 Å². The van der Waals surface area contributed by atoms with Gasteiger partial charge in [0.1, 0.15) is 18.0 Å². The molecule has 182 valence electrons. The Balaban J connectivity index is 1.27. The smallest absolute Gasteiger partial charge is 0.251 e. The summed E-state index contributed by atoms with van der Waals surface area (Å²) < 4.78 is 26.9. The van der Waals surface area contributed by atoms with E-state index in [1.54, 1.807) is 24.3 Å². The van der Waals surface area contributed by atoms with Gasteiger partial charge < -0.3 is 20.4 Å². The van der Waals surface area contributed by atoms with E-state index < -0.39 is 5.92 Å². The monoisotopic (exact) mass is 473 g/mol. The predicted molar refractivity (Wildman–Crippen MR) is 126 cm³/mol. The highest BCUT2D eigenvalue weighted by atomic mass is 19.3. The van der Waals surface area contributed by atoms with Crippen LogP contribution < -0.4 is 20.4 Å². The summed E-state index contributed by atoms with van der Waals surface area (Å²) in [5, 5.41) is 5.57. The van der Waals surface area contributed by atoms with Crippen LogP contribution in [0.5, 0.6) is 0 Å². The second-order valence-electron chi connectivity index (χ2n) is 8.65. The van der Waals surface area contributed by atoms with E-state index in [9.17, 15) is 18.4 Å². The average Bonchev–Trinajstić information content (AvgIpc) is 2.79. The van der Waals surface area contributed by atoms with E-state index in [0.29, 0.717) is 43.4 Å². The van der Waals surface area contributed by atoms with Crippen molar-refractivity contribution in [3.63, 3.8) is 0 Å². The fourth-order valence-corrected chi connectivity index (χ4v) is 4.16. The van der Waals surface area contributed by atoms with Crippen LogP contribution in [0.1, 0.15) is 19.8 Å². The van der Waals surface area contributed by atoms with E-state index in [1.807, 2.05) is 11.0 Å². The van der Waals surface area contributed by atoms with Crippen LogP contribution in [0, 0.1) is 0 Å². The third kappa shape index (κ3) is 6.37. The van der Waals surface area contributed by atoms with E-state index in [4.69, 9.17) is 0 Å². The third-order valence-corrected chi connectivity index (χ3v) is 5.99. The third-order valence-electron chi connectivity index (χ3n) is 5.99. The predicted octanol–water partition coefficient (Wildman–Crippen LogP) is 2.43. The van der Waals surface area contributed by atoms with E-state index in [1.165, 1.54) is 13.3 Å². The van der Waals surface area contributed by atoms with E-state index >= 15 is 0 Å². The molecular formula is C23H29F2N7O2. The molecule has 0 radical (unpaired) electrons. The molecule has 2 fully saturated rings. The molecule has 0 aliphatic carbocycles. The Morgan fingerprint density at radius 1 is 0.912 bits per heavy atom. The minimum Gasteiger partial charge on any atom is -0.356 e. The fraction of sp³-hybridized carbons (Fsp3) is 0.478. The van der Waals surface area contributed by atoms with E-state index in [0.717, 1.165) is 5.82 Å². The highest BCUT2D eigenvalue weighted by molar-refractivity contribution is 5.94. The van der Waals surface area contributed by atoms with Gasteiger partial charge in [0.2, 0.25) is 11.8 Å². The number of benzene rings is 1. The largest absolute Gasteiger partial charge is 0.356 e. The van der Waals surface area contributed by atoms with Crippen molar-refractivity contribution in [1.82, 2.24) is 14.9 Å². The molecule has 2 aromatic rings. The van der Waals surface area contributed by atoms with Crippen LogP contribution >= 0.6 is 0 Å². The second-order valence-corrected chi connectivity index (χ2v) is 8.65. The van der Waals surface area contributed by atoms with Crippen molar-refractivity contribution in [2.75, 3.05) is 66.2 Å². The number of halogens is 2. The summed E-state index contributed by atoms with van der Waals surface area (Å²) in [7, 11) is 0. The molecule has 2 aliphatic rings. The summed E-state index contributed by atoms with van der Waals surface area (Å²) in [6.07, 6.45) is 1.15. The van der Waals surface area contributed by atoms with E-state index in [2.05, 4.69) is 30.4 Å². The number of alkyl halides is 2. The lowest BCUT2D eigenvalue weighted by molar-refractivity contribution is -0.117. The first-order valence-electron chi connectivity index (χ1n) is 11.4. The van der Waals surface area contributed by atoms with Gasteiger partial charge in [0.15, 0.2) is 0 Å². The highest BCUT2D eigenvalue weighted by Gasteiger charge is 2.34. The van der Waals surface area contributed by atoms with Gasteiger partial charge in [-0.3, -0.25) is 14.5 Å². The SMILES string of the molecule is CC(=O)Nc1cccc(NC(=O)CN2CCN(c3cc(N4CCC(F)(F)CC4)ncn3)CC2)c1. The van der Waals surface area contributed by atoms with Crippen molar-refractivity contribution in [3.05, 3.63) is 36.7 Å². The maximum absolute atomic E-state index is 13.5. The molecule has 2 amide bonds. The Hall–Kier alpha value is -3.34. The topological polar surface area (TPSA) is 93.7 Å². The Morgan fingerprint density at radius 3 is 2.12 bits per heavy atom. The number of hydrogen-bond acceptors (Lipinski definition) is 7. The summed E-state index contributed by atoms with van der Waals surface area (Å²) >= 11 is 0. The van der Waals surface area contributed by atoms with Gasteiger partial charge in [-0.1, -0.05) is 6.07 Å². The summed E-state index contributed by atoms with van der Waals surface area (Å²) in [5.74, 6) is -1.46. The molecule has 2 aliphatic heterocycles. The first kappa shape index (κ1) is 23.8. The average molecular weight is 474 g/mol. The lowest BCUT2D eigenvalue weighted by atomic mass is 10.1. The number of aromatic nitrogens is 2. The first-order valence-corrected chi connectivity index (χ1v) is 11.4. The molecule has 2 N–H and O–H groups in total. The second kappa shape index (κ2) is 10.3. The van der Waals surface area contributed by atoms with Crippen LogP contribution in [-0.4, -0.2) is 78.4 Å². The lowest BCUT2D eigenvalue weighted by Gasteiger charge is -2.36. The maximum atomic E-state index is 13.5. The number of nitrogens with zero attached hydrogens (tertiary/aromatic N) is 5. The number of carbonyl (C=O) groups excluding carboxylic acids is 2. The number of piperazine rings is 1. The number of amides is 2. The van der Waals surface area contributed by atoms with Crippen LogP contribution in [0.4, 0.5) is 31.8 Å². The number of carbonyl (C=O) groups is 2. The molecule has 9 nitrogen and oxygen atoms in total. The van der Waals surface area contributed by atoms with Gasteiger partial charge in [-0.2, -0.15) is 0 Å². The summed E-state index contributed by atoms with van der Waals surface area (Å²) in [6, 6.07) is 8.87. The number of hydrogen-bond donors (Lipinski definition) is 2. The number of rotatable bonds is 6. The highest BCUT2D eigenvalue weighted by Crippen LogP contribution is 2.30. The van der Waals surface area contributed by atoms with Crippen LogP contribution in [0.2, 0.25) is 0 Å². The van der Waals surface area contributed by atoms with Crippen LogP contribution in [0.25, 0.3) is 0 Å². The molecule has 0 bridgehead atoms. The molecule has 0 saturated carbocycles. The first-order chi connectivity index (χ1) is 16.3. The number of anilines is 4. The van der Waals surface area contributed by atoms with Gasteiger partial charge in [-0.15, -0.1) is 0 Å². The van der Waals surface area contributed by atoms with Crippen molar-refractivity contribution in [2.45, 2.75) is 25.7 Å². The summed E-state index contributed by atoms with van der Waals surface area (Å²) in [4.78, 5) is 38.4. The Labute approximate surface area is 197 Å². The van der Waals surface area contributed by atoms with Crippen LogP contribution in [0.3, 0.4) is 0 Å². The zero-order valence-electron chi connectivity index (χ0n) is 19.1. The summed E-state index contributed by atoms with van der Waals surface area (Å²) in [5.41, 5.74) is 1.25. The molecule has 11 heteroatoms. The Kier molecular flexibility index (Phi) is 7.20. The molecule has 1 aromatic carbocycles. The van der Waals surface area contributed by atoms with Crippen LogP contribution in [-0.2, 0) is 9.59 Å². The molecule has 3 heterocycles. The van der Waals surface area contributed by atoms with Gasteiger partial charge in [0.05, 0.1) is 6.54 Å². The normalized spacial score (nSPS) is 18.4. The van der Waals surface area contributed by atoms with Gasteiger partial charge in [-0.25, -0.2) is 18.7 Å². The minimum absolute atomic E-state index is 0.125. The van der Waals surface area contributed by atoms with Crippen LogP contribution in [0.15, 0.2) is 36.7 Å². The Morgan fingerprint density at radius 2 is 1.50 bits per heavy atom. The molecule has 4 rings (SSSR count). The quantitative estimate of drug-likeness (QED) is 0.666. The molecule has 0 spiro atoms. The van der Waals surface area contributed by atoms with Gasteiger partial charge in [-0.05, 0) is 18.2 Å². The zero-order chi connectivity index (χ0) is 24.1. The maximum Gasteiger partial charge on any atom is 0.251 e. The van der Waals surface area contributed by atoms with Gasteiger partial charge in [0, 0.05) is 76.5 Å². The molecule has 0 unspecified atom stereocenters. The van der Waals surface area contributed by atoms with Crippen molar-refractivity contribution in [3.8, 4) is 0 Å². The van der Waals surface area contributed by atoms with Crippen molar-refractivity contribution >= 4 is 34.8 Å². The number of nitrogens with one attached hydrogen (secondary N) is 2.